The molecule has 0 radical (unpaired) electrons. The summed E-state index contributed by atoms with van der Waals surface area (Å²) >= 11 is 0. The summed E-state index contributed by atoms with van der Waals surface area (Å²) in [5.41, 5.74) is -5.89. The number of amides is 1. The molecule has 2 aromatic rings. The number of rotatable bonds is 10. The van der Waals surface area contributed by atoms with Gasteiger partial charge in [-0.25, -0.2) is 9.59 Å². The Morgan fingerprint density at radius 1 is 0.949 bits per heavy atom. The maximum absolute atomic E-state index is 15.5. The lowest BCUT2D eigenvalue weighted by Gasteiger charge is -2.67. The highest BCUT2D eigenvalue weighted by Gasteiger charge is 2.78. The molecule has 2 aromatic carbocycles. The highest BCUT2D eigenvalue weighted by atomic mass is 16.6. The van der Waals surface area contributed by atoms with Crippen molar-refractivity contribution in [3.63, 3.8) is 0 Å². The Balaban J connectivity index is 1.50. The average Bonchev–Trinajstić information content (AvgIpc) is 3.16. The van der Waals surface area contributed by atoms with Gasteiger partial charge in [0.15, 0.2) is 11.4 Å². The van der Waals surface area contributed by atoms with E-state index in [1.54, 1.807) is 109 Å². The molecule has 10 atom stereocenters. The van der Waals surface area contributed by atoms with Gasteiger partial charge in [-0.05, 0) is 63.5 Å². The average molecular weight is 820 g/mol. The van der Waals surface area contributed by atoms with E-state index in [1.807, 2.05) is 0 Å². The van der Waals surface area contributed by atoms with Gasteiger partial charge >= 0.3 is 24.0 Å². The minimum atomic E-state index is -2.13. The Morgan fingerprint density at radius 2 is 1.58 bits per heavy atom. The van der Waals surface area contributed by atoms with Gasteiger partial charge in [-0.3, -0.25) is 14.4 Å². The van der Waals surface area contributed by atoms with Crippen LogP contribution in [0.5, 0.6) is 0 Å². The molecule has 1 saturated heterocycles. The summed E-state index contributed by atoms with van der Waals surface area (Å²) in [7, 11) is 2.85. The Labute approximate surface area is 345 Å². The van der Waals surface area contributed by atoms with Crippen molar-refractivity contribution >= 4 is 29.8 Å². The number of ketones is 1. The van der Waals surface area contributed by atoms with Crippen molar-refractivity contribution in [2.24, 2.45) is 16.7 Å². The molecule has 1 heterocycles. The Morgan fingerprint density at radius 3 is 2.12 bits per heavy atom. The number of nitrogens with one attached hydrogen (secondary N) is 1. The second kappa shape index (κ2) is 16.1. The molecule has 59 heavy (non-hydrogen) atoms. The SMILES string of the molecule is CO[C@H]1C(=O)[C@]2(C)[C@@H](OC)C[C@H]3OC[C@@]3(OC(C)=O)[C@H]2[C@H](OC(=O)c2ccccc2)[C@]2(O)C[C@H](OC(=O)C[C@@H](NC(=O)OC(C)(C)C)c3ccccc3)C(C)=C1C2(C)C. The molecular weight excluding hydrogens is 762 g/mol. The minimum Gasteiger partial charge on any atom is -0.458 e. The third-order valence-corrected chi connectivity index (χ3v) is 12.9. The number of methoxy groups -OCH3 is 2. The second-order valence-corrected chi connectivity index (χ2v) is 17.9. The Bertz CT molecular complexity index is 1980. The first-order valence-corrected chi connectivity index (χ1v) is 20.0. The predicted octanol–water partition coefficient (Wildman–Crippen LogP) is 5.60. The van der Waals surface area contributed by atoms with Crippen LogP contribution in [-0.2, 0) is 47.5 Å². The van der Waals surface area contributed by atoms with E-state index in [1.165, 1.54) is 21.1 Å². The number of hydrogen-bond donors (Lipinski definition) is 2. The molecule has 1 aliphatic heterocycles. The minimum absolute atomic E-state index is 0.151. The van der Waals surface area contributed by atoms with E-state index in [2.05, 4.69) is 5.32 Å². The third kappa shape index (κ3) is 7.69. The van der Waals surface area contributed by atoms with Crippen molar-refractivity contribution in [3.8, 4) is 0 Å². The summed E-state index contributed by atoms with van der Waals surface area (Å²) in [6.45, 7) is 13.1. The van der Waals surface area contributed by atoms with Crippen LogP contribution in [-0.4, -0.2) is 103 Å². The molecule has 14 heteroatoms. The molecule has 6 rings (SSSR count). The number of ether oxygens (including phenoxy) is 7. The van der Waals surface area contributed by atoms with E-state index in [-0.39, 0.29) is 31.4 Å². The zero-order valence-electron chi connectivity index (χ0n) is 35.5. The number of fused-ring (bicyclic) bond motifs is 5. The number of benzene rings is 2. The van der Waals surface area contributed by atoms with Crippen molar-refractivity contribution in [1.29, 1.82) is 0 Å². The zero-order chi connectivity index (χ0) is 43.3. The summed E-state index contributed by atoms with van der Waals surface area (Å²) in [5.74, 6) is -3.91. The first kappa shape index (κ1) is 43.9. The molecule has 2 N–H and O–H groups in total. The van der Waals surface area contributed by atoms with Crippen LogP contribution in [0.4, 0.5) is 4.79 Å². The van der Waals surface area contributed by atoms with Gasteiger partial charge in [-0.15, -0.1) is 0 Å². The monoisotopic (exact) mass is 819 g/mol. The summed E-state index contributed by atoms with van der Waals surface area (Å²) in [4.78, 5) is 70.0. The summed E-state index contributed by atoms with van der Waals surface area (Å²) in [6.07, 6.45) is -6.94. The van der Waals surface area contributed by atoms with Crippen LogP contribution in [0.2, 0.25) is 0 Å². The van der Waals surface area contributed by atoms with Gasteiger partial charge in [0, 0.05) is 39.4 Å². The summed E-state index contributed by atoms with van der Waals surface area (Å²) in [6, 6.07) is 16.2. The first-order valence-electron chi connectivity index (χ1n) is 20.0. The number of Topliss-reactive ketones (excluding diaryl/α,β-unsaturated/α-hetero) is 1. The van der Waals surface area contributed by atoms with Crippen molar-refractivity contribution in [2.45, 2.75) is 128 Å². The molecule has 320 valence electrons. The van der Waals surface area contributed by atoms with Gasteiger partial charge in [0.1, 0.15) is 35.6 Å². The third-order valence-electron chi connectivity index (χ3n) is 12.9. The van der Waals surface area contributed by atoms with E-state index in [4.69, 9.17) is 33.2 Å². The van der Waals surface area contributed by atoms with Crippen LogP contribution in [0.3, 0.4) is 0 Å². The lowest BCUT2D eigenvalue weighted by molar-refractivity contribution is -0.347. The number of alkyl carbamates (subject to hydrolysis) is 1. The maximum Gasteiger partial charge on any atom is 0.408 e. The van der Waals surface area contributed by atoms with Gasteiger partial charge < -0.3 is 43.6 Å². The number of aliphatic hydroxyl groups is 1. The summed E-state index contributed by atoms with van der Waals surface area (Å²) in [5, 5.41) is 16.5. The highest BCUT2D eigenvalue weighted by molar-refractivity contribution is 5.94. The van der Waals surface area contributed by atoms with Gasteiger partial charge in [-0.2, -0.15) is 0 Å². The molecular formula is C45H57NO13. The molecule has 0 unspecified atom stereocenters. The fourth-order valence-electron chi connectivity index (χ4n) is 10.0. The van der Waals surface area contributed by atoms with Crippen LogP contribution in [0, 0.1) is 16.7 Å². The standard InChI is InChI=1S/C45H57NO13/c1-25-30(56-33(48)21-29(27-17-13-11-14-18-27)46-40(51)59-41(3,4)5)23-45(52)38(57-39(50)28-19-15-12-16-20-28)36-43(8,37(49)35(54-10)34(25)42(45,6)7)31(53-9)22-32-44(36,24-55-32)58-26(2)47/h11-20,29-32,35-36,38,52H,21-24H2,1-10H3,(H,46,51)/t29-,30+,31+,32-,35-,36+,38+,43-,44+,45-/m1/s1. The van der Waals surface area contributed by atoms with E-state index in [9.17, 15) is 24.3 Å². The quantitative estimate of drug-likeness (QED) is 0.172. The molecule has 3 fully saturated rings. The van der Waals surface area contributed by atoms with Gasteiger partial charge in [-0.1, -0.05) is 62.4 Å². The van der Waals surface area contributed by atoms with E-state index in [0.29, 0.717) is 16.7 Å². The molecule has 4 aliphatic rings. The van der Waals surface area contributed by atoms with E-state index in [0.717, 1.165) is 0 Å². The van der Waals surface area contributed by atoms with Crippen molar-refractivity contribution in [2.75, 3.05) is 20.8 Å². The van der Waals surface area contributed by atoms with Gasteiger partial charge in [0.05, 0.1) is 42.1 Å². The van der Waals surface area contributed by atoms with Crippen LogP contribution in [0.15, 0.2) is 71.8 Å². The molecule has 2 bridgehead atoms. The number of hydrogen-bond acceptors (Lipinski definition) is 13. The van der Waals surface area contributed by atoms with Gasteiger partial charge in [0.25, 0.3) is 0 Å². The van der Waals surface area contributed by atoms with Crippen molar-refractivity contribution in [1.82, 2.24) is 5.32 Å². The molecule has 0 aromatic heterocycles. The first-order chi connectivity index (χ1) is 27.6. The van der Waals surface area contributed by atoms with E-state index >= 15 is 4.79 Å². The smallest absolute Gasteiger partial charge is 0.408 e. The molecule has 1 amide bonds. The lowest BCUT2D eigenvalue weighted by Crippen LogP contribution is -2.82. The largest absolute Gasteiger partial charge is 0.458 e. The van der Waals surface area contributed by atoms with Crippen molar-refractivity contribution < 1.29 is 62.2 Å². The Kier molecular flexibility index (Phi) is 12.0. The number of carbonyl (C=O) groups excluding carboxylic acids is 5. The normalized spacial score (nSPS) is 32.8. The predicted molar refractivity (Wildman–Crippen MR) is 212 cm³/mol. The zero-order valence-corrected chi connectivity index (χ0v) is 35.5. The topological polar surface area (TPSA) is 182 Å². The second-order valence-electron chi connectivity index (χ2n) is 17.9. The van der Waals surface area contributed by atoms with Gasteiger partial charge in [0.2, 0.25) is 0 Å². The van der Waals surface area contributed by atoms with Crippen LogP contribution < -0.4 is 5.32 Å². The molecule has 14 nitrogen and oxygen atoms in total. The van der Waals surface area contributed by atoms with E-state index < -0.39 is 99.9 Å². The van der Waals surface area contributed by atoms with Crippen LogP contribution in [0.1, 0.15) is 96.6 Å². The Hall–Kier alpha value is -4.63. The lowest BCUT2D eigenvalue weighted by atomic mass is 9.44. The molecule has 0 spiro atoms. The van der Waals surface area contributed by atoms with Crippen molar-refractivity contribution in [3.05, 3.63) is 82.9 Å². The number of carbonyl (C=O) groups is 5. The van der Waals surface area contributed by atoms with Crippen LogP contribution >= 0.6 is 0 Å². The molecule has 3 aliphatic carbocycles. The number of esters is 3. The fraction of sp³-hybridized carbons (Fsp3) is 0.578. The fourth-order valence-corrected chi connectivity index (χ4v) is 10.0. The summed E-state index contributed by atoms with van der Waals surface area (Å²) < 4.78 is 42.7. The van der Waals surface area contributed by atoms with Crippen LogP contribution in [0.25, 0.3) is 0 Å². The maximum atomic E-state index is 15.5. The molecule has 2 saturated carbocycles. The highest BCUT2D eigenvalue weighted by Crippen LogP contribution is 2.64.